The van der Waals surface area contributed by atoms with Crippen molar-refractivity contribution >= 4 is 17.5 Å². The van der Waals surface area contributed by atoms with Gasteiger partial charge in [-0.15, -0.1) is 0 Å². The molecule has 0 heterocycles. The highest BCUT2D eigenvalue weighted by Gasteiger charge is 2.23. The average molecular weight is 198 g/mol. The first-order valence-electron chi connectivity index (χ1n) is 4.96. The number of hydrogen-bond acceptors (Lipinski definition) is 2. The monoisotopic (exact) mass is 198 g/mol. The van der Waals surface area contributed by atoms with E-state index in [9.17, 15) is 4.79 Å². The molecule has 0 fully saturated rings. The van der Waals surface area contributed by atoms with E-state index in [0.717, 1.165) is 5.57 Å². The number of carbonyl (C=O) groups is 1. The van der Waals surface area contributed by atoms with Gasteiger partial charge < -0.3 is 0 Å². The van der Waals surface area contributed by atoms with Crippen LogP contribution in [0.4, 0.5) is 0 Å². The largest absolute Gasteiger partial charge is 0.295 e. The van der Waals surface area contributed by atoms with Crippen molar-refractivity contribution in [2.45, 2.75) is 38.4 Å². The number of hydrogen-bond donors (Lipinski definition) is 0. The van der Waals surface area contributed by atoms with Crippen LogP contribution in [0.25, 0.3) is 0 Å². The average Bonchev–Trinajstić information content (AvgIpc) is 2.16. The van der Waals surface area contributed by atoms with Crippen LogP contribution in [0.1, 0.15) is 33.1 Å². The van der Waals surface area contributed by atoms with Crippen molar-refractivity contribution in [2.24, 2.45) is 5.92 Å². The summed E-state index contributed by atoms with van der Waals surface area (Å²) >= 11 is 1.81. The fraction of sp³-hybridized carbons (Fsp3) is 0.727. The van der Waals surface area contributed by atoms with Crippen molar-refractivity contribution < 1.29 is 4.79 Å². The molecule has 1 aliphatic rings. The molecule has 0 aliphatic heterocycles. The van der Waals surface area contributed by atoms with E-state index in [0.29, 0.717) is 23.4 Å². The van der Waals surface area contributed by atoms with Gasteiger partial charge in [-0.05, 0) is 25.0 Å². The molecule has 1 unspecified atom stereocenters. The topological polar surface area (TPSA) is 17.1 Å². The van der Waals surface area contributed by atoms with Gasteiger partial charge in [-0.3, -0.25) is 4.79 Å². The van der Waals surface area contributed by atoms with Crippen molar-refractivity contribution in [3.8, 4) is 0 Å². The summed E-state index contributed by atoms with van der Waals surface area (Å²) < 4.78 is 0. The lowest BCUT2D eigenvalue weighted by Crippen LogP contribution is -2.20. The molecule has 0 N–H and O–H groups in total. The maximum atomic E-state index is 11.6. The number of Topliss-reactive ketones (excluding diaryl/α,β-unsaturated/α-hetero) is 1. The molecule has 0 bridgehead atoms. The van der Waals surface area contributed by atoms with Crippen LogP contribution in [-0.4, -0.2) is 17.3 Å². The standard InChI is InChI=1S/C11H18OS/c1-4-10(12)9-7-8(2)5-6-11(9)13-3/h7-8,11H,4-6H2,1-3H3/t8?,11-/m1/s1. The van der Waals surface area contributed by atoms with Gasteiger partial charge in [0, 0.05) is 17.2 Å². The summed E-state index contributed by atoms with van der Waals surface area (Å²) in [4.78, 5) is 11.6. The Bertz CT molecular complexity index is 220. The zero-order chi connectivity index (χ0) is 9.84. The van der Waals surface area contributed by atoms with Gasteiger partial charge in [-0.25, -0.2) is 0 Å². The molecule has 0 saturated heterocycles. The predicted octanol–water partition coefficient (Wildman–Crippen LogP) is 3.05. The summed E-state index contributed by atoms with van der Waals surface area (Å²) in [5.74, 6) is 0.930. The van der Waals surface area contributed by atoms with Crippen LogP contribution in [-0.2, 0) is 4.79 Å². The summed E-state index contributed by atoms with van der Waals surface area (Å²) in [7, 11) is 0. The molecule has 0 amide bonds. The molecule has 0 aromatic heterocycles. The fourth-order valence-electron chi connectivity index (χ4n) is 1.79. The first-order valence-corrected chi connectivity index (χ1v) is 6.25. The summed E-state index contributed by atoms with van der Waals surface area (Å²) in [5.41, 5.74) is 1.08. The highest BCUT2D eigenvalue weighted by molar-refractivity contribution is 7.99. The van der Waals surface area contributed by atoms with Crippen molar-refractivity contribution in [3.63, 3.8) is 0 Å². The molecule has 0 spiro atoms. The molecule has 2 atom stereocenters. The molecule has 0 saturated carbocycles. The molecule has 0 aromatic rings. The summed E-state index contributed by atoms with van der Waals surface area (Å²) in [6.07, 6.45) is 7.31. The third kappa shape index (κ3) is 2.60. The van der Waals surface area contributed by atoms with E-state index in [1.165, 1.54) is 12.8 Å². The molecular formula is C11H18OS. The molecule has 74 valence electrons. The Morgan fingerprint density at radius 2 is 2.31 bits per heavy atom. The Hall–Kier alpha value is -0.240. The predicted molar refractivity (Wildman–Crippen MR) is 59.1 cm³/mol. The smallest absolute Gasteiger partial charge is 0.159 e. The molecule has 0 radical (unpaired) electrons. The highest BCUT2D eigenvalue weighted by Crippen LogP contribution is 2.31. The van der Waals surface area contributed by atoms with Gasteiger partial charge in [0.05, 0.1) is 0 Å². The Morgan fingerprint density at radius 1 is 1.62 bits per heavy atom. The minimum Gasteiger partial charge on any atom is -0.295 e. The van der Waals surface area contributed by atoms with Crippen molar-refractivity contribution in [3.05, 3.63) is 11.6 Å². The van der Waals surface area contributed by atoms with Gasteiger partial charge >= 0.3 is 0 Å². The number of carbonyl (C=O) groups excluding carboxylic acids is 1. The molecule has 1 nitrogen and oxygen atoms in total. The molecule has 0 aromatic carbocycles. The lowest BCUT2D eigenvalue weighted by molar-refractivity contribution is -0.115. The molecule has 13 heavy (non-hydrogen) atoms. The zero-order valence-electron chi connectivity index (χ0n) is 8.67. The lowest BCUT2D eigenvalue weighted by Gasteiger charge is -2.24. The minimum absolute atomic E-state index is 0.339. The maximum Gasteiger partial charge on any atom is 0.159 e. The van der Waals surface area contributed by atoms with E-state index >= 15 is 0 Å². The van der Waals surface area contributed by atoms with Gasteiger partial charge in [-0.2, -0.15) is 11.8 Å². The number of ketones is 1. The van der Waals surface area contributed by atoms with Crippen LogP contribution >= 0.6 is 11.8 Å². The van der Waals surface area contributed by atoms with Crippen LogP contribution in [0.15, 0.2) is 11.6 Å². The molecular weight excluding hydrogens is 180 g/mol. The summed E-state index contributed by atoms with van der Waals surface area (Å²) in [6, 6.07) is 0. The third-order valence-corrected chi connectivity index (χ3v) is 3.68. The Morgan fingerprint density at radius 3 is 2.85 bits per heavy atom. The molecule has 1 aliphatic carbocycles. The first-order chi connectivity index (χ1) is 6.19. The van der Waals surface area contributed by atoms with E-state index in [2.05, 4.69) is 19.3 Å². The Kier molecular flexibility index (Phi) is 4.04. The van der Waals surface area contributed by atoms with Gasteiger partial charge in [0.15, 0.2) is 5.78 Å². The molecule has 1 rings (SSSR count). The van der Waals surface area contributed by atoms with Crippen LogP contribution < -0.4 is 0 Å². The van der Waals surface area contributed by atoms with Gasteiger partial charge in [0.25, 0.3) is 0 Å². The second kappa shape index (κ2) is 4.85. The van der Waals surface area contributed by atoms with Crippen molar-refractivity contribution in [2.75, 3.05) is 6.26 Å². The van der Waals surface area contributed by atoms with Crippen molar-refractivity contribution in [1.82, 2.24) is 0 Å². The van der Waals surface area contributed by atoms with Crippen LogP contribution in [0, 0.1) is 5.92 Å². The Labute approximate surface area is 85.0 Å². The van der Waals surface area contributed by atoms with E-state index < -0.39 is 0 Å². The van der Waals surface area contributed by atoms with E-state index in [4.69, 9.17) is 0 Å². The third-order valence-electron chi connectivity index (χ3n) is 2.62. The number of rotatable bonds is 3. The highest BCUT2D eigenvalue weighted by atomic mass is 32.2. The van der Waals surface area contributed by atoms with Gasteiger partial charge in [-0.1, -0.05) is 19.9 Å². The molecule has 2 heteroatoms. The zero-order valence-corrected chi connectivity index (χ0v) is 9.49. The van der Waals surface area contributed by atoms with E-state index in [-0.39, 0.29) is 0 Å². The van der Waals surface area contributed by atoms with Crippen LogP contribution in [0.3, 0.4) is 0 Å². The van der Waals surface area contributed by atoms with E-state index in [1.807, 2.05) is 18.7 Å². The normalized spacial score (nSPS) is 28.4. The summed E-state index contributed by atoms with van der Waals surface area (Å²) in [6.45, 7) is 4.14. The maximum absolute atomic E-state index is 11.6. The second-order valence-electron chi connectivity index (χ2n) is 3.68. The van der Waals surface area contributed by atoms with Crippen molar-refractivity contribution in [1.29, 1.82) is 0 Å². The van der Waals surface area contributed by atoms with Crippen LogP contribution in [0.2, 0.25) is 0 Å². The Balaban J connectivity index is 2.80. The number of allylic oxidation sites excluding steroid dienone is 1. The minimum atomic E-state index is 0.339. The van der Waals surface area contributed by atoms with Gasteiger partial charge in [0.1, 0.15) is 0 Å². The van der Waals surface area contributed by atoms with Crippen LogP contribution in [0.5, 0.6) is 0 Å². The number of thioether (sulfide) groups is 1. The quantitative estimate of drug-likeness (QED) is 0.693. The SMILES string of the molecule is CCC(=O)C1=CC(C)CC[C@H]1SC. The second-order valence-corrected chi connectivity index (χ2v) is 4.72. The summed E-state index contributed by atoms with van der Waals surface area (Å²) in [5, 5.41) is 0.462. The van der Waals surface area contributed by atoms with E-state index in [1.54, 1.807) is 0 Å². The van der Waals surface area contributed by atoms with Gasteiger partial charge in [0.2, 0.25) is 0 Å². The lowest BCUT2D eigenvalue weighted by atomic mass is 9.89. The first kappa shape index (κ1) is 10.8. The fourth-order valence-corrected chi connectivity index (χ4v) is 2.62.